The van der Waals surface area contributed by atoms with Gasteiger partial charge in [0, 0.05) is 24.3 Å². The zero-order valence-corrected chi connectivity index (χ0v) is 18.3. The van der Waals surface area contributed by atoms with Gasteiger partial charge in [0.15, 0.2) is 0 Å². The van der Waals surface area contributed by atoms with Gasteiger partial charge in [-0.15, -0.1) is 4.52 Å². The van der Waals surface area contributed by atoms with Gasteiger partial charge in [-0.25, -0.2) is 4.85 Å². The third-order valence-corrected chi connectivity index (χ3v) is 6.08. The summed E-state index contributed by atoms with van der Waals surface area (Å²) >= 11 is 0. The Morgan fingerprint density at radius 3 is 2.31 bits per heavy atom. The van der Waals surface area contributed by atoms with E-state index in [4.69, 9.17) is 20.6 Å². The monoisotopic (exact) mass is 431 g/mol. The lowest BCUT2D eigenvalue weighted by Gasteiger charge is -2.28. The van der Waals surface area contributed by atoms with Crippen LogP contribution in [0, 0.1) is 17.9 Å². The molecule has 2 aromatic carbocycles. The Balaban J connectivity index is 2.74. The van der Waals surface area contributed by atoms with E-state index in [1.807, 2.05) is 0 Å². The second-order valence-electron chi connectivity index (χ2n) is 5.83. The van der Waals surface area contributed by atoms with Crippen LogP contribution in [0.3, 0.4) is 0 Å². The molecule has 150 valence electrons. The molecule has 0 N–H and O–H groups in total. The maximum Gasteiger partial charge on any atom is 0.512 e. The van der Waals surface area contributed by atoms with Crippen molar-refractivity contribution in [3.63, 3.8) is 0 Å². The number of nitriles is 1. The second kappa shape index (κ2) is 10.5. The molecule has 0 aromatic heterocycles. The maximum atomic E-state index is 12.0. The van der Waals surface area contributed by atoms with Crippen LogP contribution in [0.25, 0.3) is 15.6 Å². The van der Waals surface area contributed by atoms with Crippen molar-refractivity contribution in [2.45, 2.75) is 32.5 Å². The van der Waals surface area contributed by atoms with Crippen LogP contribution in [0.15, 0.2) is 24.3 Å². The standard InChI is InChI=1S/C20H21N2O5P2/c1-5-25-20(28-23,26-6-2)18-11-10-15-16(19(18)22-4)9-8-14(17(15)12-21)13-29(24)27-7-3/h8-11H,5-7,13H2,1-3H3/q+1. The Bertz CT molecular complexity index is 1000. The molecule has 0 aliphatic carbocycles. The summed E-state index contributed by atoms with van der Waals surface area (Å²) in [4.78, 5) is 3.63. The highest BCUT2D eigenvalue weighted by Gasteiger charge is 2.38. The lowest BCUT2D eigenvalue weighted by molar-refractivity contribution is -0.176. The lowest BCUT2D eigenvalue weighted by Crippen LogP contribution is -2.27. The number of ether oxygens (including phenoxy) is 2. The van der Waals surface area contributed by atoms with Gasteiger partial charge in [0.1, 0.15) is 6.07 Å². The summed E-state index contributed by atoms with van der Waals surface area (Å²) in [5, 5.41) is 10.8. The first-order valence-corrected chi connectivity index (χ1v) is 11.3. The Morgan fingerprint density at radius 2 is 1.79 bits per heavy atom. The van der Waals surface area contributed by atoms with Crippen molar-refractivity contribution in [3.05, 3.63) is 52.4 Å². The molecule has 0 saturated carbocycles. The van der Waals surface area contributed by atoms with Gasteiger partial charge in [-0.3, -0.25) is 4.57 Å². The van der Waals surface area contributed by atoms with Gasteiger partial charge in [0.05, 0.1) is 18.7 Å². The Labute approximate surface area is 172 Å². The minimum Gasteiger partial charge on any atom is -0.338 e. The van der Waals surface area contributed by atoms with E-state index in [2.05, 4.69) is 10.9 Å². The molecule has 7 nitrogen and oxygen atoms in total. The molecule has 0 aliphatic heterocycles. The summed E-state index contributed by atoms with van der Waals surface area (Å²) < 4.78 is 40.4. The Morgan fingerprint density at radius 1 is 1.14 bits per heavy atom. The van der Waals surface area contributed by atoms with Gasteiger partial charge in [-0.2, -0.15) is 5.26 Å². The molecule has 0 fully saturated rings. The van der Waals surface area contributed by atoms with E-state index in [9.17, 15) is 14.4 Å². The summed E-state index contributed by atoms with van der Waals surface area (Å²) in [6, 6.07) is 8.78. The zero-order valence-electron chi connectivity index (χ0n) is 16.5. The number of hydrogen-bond acceptors (Lipinski definition) is 6. The number of hydrogen-bond donors (Lipinski definition) is 0. The van der Waals surface area contributed by atoms with Gasteiger partial charge in [-0.05, 0) is 36.1 Å². The second-order valence-corrected chi connectivity index (χ2v) is 7.84. The minimum absolute atomic E-state index is 0.109. The highest BCUT2D eigenvalue weighted by Crippen LogP contribution is 2.46. The molecule has 0 heterocycles. The van der Waals surface area contributed by atoms with E-state index < -0.39 is 22.0 Å². The minimum atomic E-state index is -1.93. The van der Waals surface area contributed by atoms with Crippen molar-refractivity contribution in [1.29, 1.82) is 5.26 Å². The third-order valence-electron chi connectivity index (χ3n) is 4.20. The van der Waals surface area contributed by atoms with Gasteiger partial charge in [0.25, 0.3) is 5.53 Å². The number of fused-ring (bicyclic) bond motifs is 1. The van der Waals surface area contributed by atoms with Crippen molar-refractivity contribution in [3.8, 4) is 6.07 Å². The summed E-state index contributed by atoms with van der Waals surface area (Å²) in [5.41, 5.74) is -0.148. The van der Waals surface area contributed by atoms with E-state index in [1.165, 1.54) is 0 Å². The van der Waals surface area contributed by atoms with Gasteiger partial charge >= 0.3 is 8.03 Å². The highest BCUT2D eigenvalue weighted by molar-refractivity contribution is 7.38. The van der Waals surface area contributed by atoms with E-state index in [-0.39, 0.29) is 25.1 Å². The van der Waals surface area contributed by atoms with Crippen LogP contribution < -0.4 is 0 Å². The molecule has 0 amide bonds. The molecule has 9 heteroatoms. The van der Waals surface area contributed by atoms with Gasteiger partial charge in [0.2, 0.25) is 20.3 Å². The van der Waals surface area contributed by atoms with Crippen molar-refractivity contribution in [1.82, 2.24) is 0 Å². The fourth-order valence-corrected chi connectivity index (χ4v) is 4.66. The van der Waals surface area contributed by atoms with Crippen LogP contribution in [0.5, 0.6) is 0 Å². The lowest BCUT2D eigenvalue weighted by atomic mass is 9.96. The van der Waals surface area contributed by atoms with Crippen molar-refractivity contribution in [2.75, 3.05) is 19.8 Å². The summed E-state index contributed by atoms with van der Waals surface area (Å²) in [7, 11) is -2.36. The highest BCUT2D eigenvalue weighted by atomic mass is 31.1. The van der Waals surface area contributed by atoms with Gasteiger partial charge in [-0.1, -0.05) is 24.3 Å². The largest absolute Gasteiger partial charge is 0.512 e. The van der Waals surface area contributed by atoms with E-state index in [1.54, 1.807) is 45.0 Å². The molecule has 2 aromatic rings. The first-order valence-electron chi connectivity index (χ1n) is 9.08. The molecular weight excluding hydrogens is 410 g/mol. The summed E-state index contributed by atoms with van der Waals surface area (Å²) in [6.45, 7) is 13.7. The number of rotatable bonds is 10. The summed E-state index contributed by atoms with van der Waals surface area (Å²) in [6.07, 6.45) is 0.109. The van der Waals surface area contributed by atoms with Crippen LogP contribution in [-0.2, 0) is 34.8 Å². The average molecular weight is 431 g/mol. The van der Waals surface area contributed by atoms with Gasteiger partial charge < -0.3 is 9.47 Å². The van der Waals surface area contributed by atoms with E-state index in [0.29, 0.717) is 34.1 Å². The van der Waals surface area contributed by atoms with E-state index >= 15 is 0 Å². The smallest absolute Gasteiger partial charge is 0.338 e. The molecule has 1 atom stereocenters. The number of benzene rings is 2. The van der Waals surface area contributed by atoms with Crippen molar-refractivity contribution >= 4 is 32.9 Å². The fourth-order valence-electron chi connectivity index (χ4n) is 3.09. The van der Waals surface area contributed by atoms with Crippen LogP contribution in [0.2, 0.25) is 0 Å². The maximum absolute atomic E-state index is 12.0. The van der Waals surface area contributed by atoms with E-state index in [0.717, 1.165) is 0 Å². The first kappa shape index (κ1) is 23.0. The molecule has 29 heavy (non-hydrogen) atoms. The predicted octanol–water partition coefficient (Wildman–Crippen LogP) is 6.02. The molecular formula is C20H21N2O5P2+. The molecule has 0 aliphatic rings. The SMILES string of the molecule is [C-]#[N+]c1c(C(OCC)(OCC)P=O)ccc2c(C#N)c(C[P+](=O)OCC)ccc12. The molecule has 1 unspecified atom stereocenters. The Hall–Kier alpha value is -2.24. The van der Waals surface area contributed by atoms with Crippen LogP contribution in [0.1, 0.15) is 37.5 Å². The van der Waals surface area contributed by atoms with Crippen LogP contribution >= 0.6 is 16.5 Å². The molecule has 0 saturated heterocycles. The normalized spacial score (nSPS) is 12.0. The zero-order chi connectivity index (χ0) is 21.4. The Kier molecular flexibility index (Phi) is 8.35. The average Bonchev–Trinajstić information content (AvgIpc) is 2.72. The number of nitrogens with zero attached hydrogens (tertiary/aromatic N) is 2. The molecule has 0 radical (unpaired) electrons. The fraction of sp³-hybridized carbons (Fsp3) is 0.400. The quantitative estimate of drug-likeness (QED) is 0.260. The van der Waals surface area contributed by atoms with Crippen molar-refractivity contribution < 1.29 is 23.1 Å². The third kappa shape index (κ3) is 4.68. The first-order chi connectivity index (χ1) is 14.0. The predicted molar refractivity (Wildman–Crippen MR) is 110 cm³/mol. The molecule has 2 rings (SSSR count). The molecule has 0 bridgehead atoms. The molecule has 0 spiro atoms. The van der Waals surface area contributed by atoms with Crippen LogP contribution in [-0.4, -0.2) is 19.8 Å². The van der Waals surface area contributed by atoms with Crippen LogP contribution in [0.4, 0.5) is 5.69 Å². The van der Waals surface area contributed by atoms with Crippen molar-refractivity contribution in [2.24, 2.45) is 0 Å². The topological polar surface area (TPSA) is 90.0 Å². The summed E-state index contributed by atoms with van der Waals surface area (Å²) in [5.74, 6) is 0.